The fraction of sp³-hybridized carbons (Fsp3) is 0.474. The van der Waals surface area contributed by atoms with Crippen molar-refractivity contribution < 1.29 is 9.47 Å². The molecule has 1 aromatic carbocycles. The molecule has 3 heterocycles. The number of anilines is 1. The summed E-state index contributed by atoms with van der Waals surface area (Å²) in [6.07, 6.45) is 5.80. The van der Waals surface area contributed by atoms with E-state index in [1.807, 2.05) is 12.1 Å². The maximum Gasteiger partial charge on any atom is 0.161 e. The Morgan fingerprint density at radius 2 is 2.08 bits per heavy atom. The number of hydrogen-bond acceptors (Lipinski definition) is 6. The minimum Gasteiger partial charge on any atom is -0.486 e. The van der Waals surface area contributed by atoms with E-state index in [9.17, 15) is 0 Å². The summed E-state index contributed by atoms with van der Waals surface area (Å²) in [6.45, 7) is 4.36. The van der Waals surface area contributed by atoms with Crippen LogP contribution in [0.5, 0.6) is 11.5 Å². The van der Waals surface area contributed by atoms with E-state index in [1.54, 1.807) is 12.5 Å². The van der Waals surface area contributed by atoms with Crippen LogP contribution in [0.25, 0.3) is 0 Å². The number of rotatable bonds is 4. The topological polar surface area (TPSA) is 50.7 Å². The molecule has 132 valence electrons. The Morgan fingerprint density at radius 3 is 2.92 bits per heavy atom. The van der Waals surface area contributed by atoms with Crippen LogP contribution < -0.4 is 14.4 Å². The van der Waals surface area contributed by atoms with Crippen molar-refractivity contribution in [2.75, 3.05) is 38.3 Å². The average Bonchev–Trinajstić information content (AvgIpc) is 2.68. The van der Waals surface area contributed by atoms with E-state index in [0.29, 0.717) is 19.3 Å². The number of nitrogens with zero attached hydrogens (tertiary/aromatic N) is 4. The van der Waals surface area contributed by atoms with Gasteiger partial charge in [0.05, 0.1) is 0 Å². The normalized spacial score (nSPS) is 20.3. The summed E-state index contributed by atoms with van der Waals surface area (Å²) >= 11 is 0. The van der Waals surface area contributed by atoms with Crippen LogP contribution in [0.3, 0.4) is 0 Å². The lowest BCUT2D eigenvalue weighted by atomic mass is 10.0. The van der Waals surface area contributed by atoms with Gasteiger partial charge in [-0.3, -0.25) is 4.90 Å². The van der Waals surface area contributed by atoms with Crippen LogP contribution >= 0.6 is 0 Å². The highest BCUT2D eigenvalue weighted by Crippen LogP contribution is 2.31. The average molecular weight is 340 g/mol. The molecule has 1 aromatic heterocycles. The van der Waals surface area contributed by atoms with Crippen LogP contribution in [0.1, 0.15) is 18.4 Å². The molecule has 2 aromatic rings. The minimum atomic E-state index is 0.473. The zero-order valence-corrected chi connectivity index (χ0v) is 14.6. The van der Waals surface area contributed by atoms with Crippen molar-refractivity contribution in [1.82, 2.24) is 14.9 Å². The Labute approximate surface area is 148 Å². The number of ether oxygens (including phenoxy) is 2. The first-order chi connectivity index (χ1) is 12.3. The zero-order valence-electron chi connectivity index (χ0n) is 14.6. The van der Waals surface area contributed by atoms with Crippen LogP contribution in [-0.4, -0.2) is 54.3 Å². The standard InChI is InChI=1S/C19H24N4O2/c1-22(19-6-7-20-14-21-19)16-3-2-8-23(13-16)12-15-4-5-17-18(11-15)25-10-9-24-17/h4-7,11,14,16H,2-3,8-10,12-13H2,1H3. The van der Waals surface area contributed by atoms with Crippen LogP contribution in [-0.2, 0) is 6.54 Å². The van der Waals surface area contributed by atoms with Crippen molar-refractivity contribution in [3.8, 4) is 11.5 Å². The zero-order chi connectivity index (χ0) is 17.1. The van der Waals surface area contributed by atoms with Crippen LogP contribution in [0, 0.1) is 0 Å². The Hall–Kier alpha value is -2.34. The molecule has 0 saturated carbocycles. The monoisotopic (exact) mass is 340 g/mol. The van der Waals surface area contributed by atoms with Gasteiger partial charge in [0.1, 0.15) is 25.4 Å². The number of piperidine rings is 1. The summed E-state index contributed by atoms with van der Waals surface area (Å²) in [5, 5.41) is 0. The highest BCUT2D eigenvalue weighted by atomic mass is 16.6. The molecule has 1 unspecified atom stereocenters. The smallest absolute Gasteiger partial charge is 0.161 e. The van der Waals surface area contributed by atoms with Crippen LogP contribution in [0.4, 0.5) is 5.82 Å². The van der Waals surface area contributed by atoms with E-state index in [2.05, 4.69) is 38.9 Å². The molecule has 0 spiro atoms. The summed E-state index contributed by atoms with van der Waals surface area (Å²) in [5.41, 5.74) is 1.27. The van der Waals surface area contributed by atoms with Crippen LogP contribution in [0.15, 0.2) is 36.8 Å². The number of likely N-dealkylation sites (tertiary alicyclic amines) is 1. The molecule has 25 heavy (non-hydrogen) atoms. The van der Waals surface area contributed by atoms with Crippen molar-refractivity contribution in [1.29, 1.82) is 0 Å². The molecular weight excluding hydrogens is 316 g/mol. The maximum atomic E-state index is 5.70. The van der Waals surface area contributed by atoms with Gasteiger partial charge in [-0.15, -0.1) is 0 Å². The summed E-state index contributed by atoms with van der Waals surface area (Å²) in [7, 11) is 2.13. The van der Waals surface area contributed by atoms with Gasteiger partial charge in [-0.05, 0) is 43.1 Å². The highest BCUT2D eigenvalue weighted by Gasteiger charge is 2.24. The lowest BCUT2D eigenvalue weighted by molar-refractivity contribution is 0.170. The first kappa shape index (κ1) is 16.1. The Bertz CT molecular complexity index is 710. The number of likely N-dealkylation sites (N-methyl/N-ethyl adjacent to an activating group) is 1. The number of fused-ring (bicyclic) bond motifs is 1. The molecule has 1 atom stereocenters. The summed E-state index contributed by atoms with van der Waals surface area (Å²) in [4.78, 5) is 13.2. The molecule has 1 saturated heterocycles. The molecule has 0 N–H and O–H groups in total. The largest absolute Gasteiger partial charge is 0.486 e. The summed E-state index contributed by atoms with van der Waals surface area (Å²) in [6, 6.07) is 8.73. The molecule has 2 aliphatic rings. The molecular formula is C19H24N4O2. The third kappa shape index (κ3) is 3.69. The van der Waals surface area contributed by atoms with E-state index in [0.717, 1.165) is 37.0 Å². The van der Waals surface area contributed by atoms with Gasteiger partial charge in [-0.2, -0.15) is 0 Å². The van der Waals surface area contributed by atoms with E-state index in [4.69, 9.17) is 9.47 Å². The fourth-order valence-electron chi connectivity index (χ4n) is 3.61. The predicted molar refractivity (Wildman–Crippen MR) is 96.2 cm³/mol. The Kier molecular flexibility index (Phi) is 4.70. The fourth-order valence-corrected chi connectivity index (χ4v) is 3.61. The molecule has 0 amide bonds. The SMILES string of the molecule is CN(c1ccncn1)C1CCCN(Cc2ccc3c(c2)OCCO3)C1. The maximum absolute atomic E-state index is 5.70. The van der Waals surface area contributed by atoms with Crippen molar-refractivity contribution in [2.24, 2.45) is 0 Å². The van der Waals surface area contributed by atoms with E-state index in [1.165, 1.54) is 18.4 Å². The third-order valence-corrected chi connectivity index (χ3v) is 4.97. The molecule has 4 rings (SSSR count). The number of aromatic nitrogens is 2. The highest BCUT2D eigenvalue weighted by molar-refractivity contribution is 5.44. The van der Waals surface area contributed by atoms with Crippen molar-refractivity contribution in [2.45, 2.75) is 25.4 Å². The van der Waals surface area contributed by atoms with Gasteiger partial charge in [-0.25, -0.2) is 9.97 Å². The molecule has 0 radical (unpaired) electrons. The van der Waals surface area contributed by atoms with Crippen molar-refractivity contribution in [3.63, 3.8) is 0 Å². The summed E-state index contributed by atoms with van der Waals surface area (Å²) in [5.74, 6) is 2.71. The second-order valence-corrected chi connectivity index (χ2v) is 6.69. The quantitative estimate of drug-likeness (QED) is 0.852. The third-order valence-electron chi connectivity index (χ3n) is 4.97. The molecule has 6 nitrogen and oxygen atoms in total. The van der Waals surface area contributed by atoms with Crippen LogP contribution in [0.2, 0.25) is 0 Å². The lowest BCUT2D eigenvalue weighted by Gasteiger charge is -2.38. The van der Waals surface area contributed by atoms with E-state index in [-0.39, 0.29) is 0 Å². The van der Waals surface area contributed by atoms with Crippen molar-refractivity contribution in [3.05, 3.63) is 42.4 Å². The molecule has 6 heteroatoms. The van der Waals surface area contributed by atoms with Crippen molar-refractivity contribution >= 4 is 5.82 Å². The van der Waals surface area contributed by atoms with Gasteiger partial charge in [0.25, 0.3) is 0 Å². The Morgan fingerprint density at radius 1 is 1.20 bits per heavy atom. The first-order valence-corrected chi connectivity index (χ1v) is 8.89. The molecule has 0 aliphatic carbocycles. The minimum absolute atomic E-state index is 0.473. The first-order valence-electron chi connectivity index (χ1n) is 8.89. The predicted octanol–water partition coefficient (Wildman–Crippen LogP) is 2.35. The summed E-state index contributed by atoms with van der Waals surface area (Å²) < 4.78 is 11.3. The van der Waals surface area contributed by atoms with E-state index >= 15 is 0 Å². The second-order valence-electron chi connectivity index (χ2n) is 6.69. The number of hydrogen-bond donors (Lipinski definition) is 0. The van der Waals surface area contributed by atoms with Gasteiger partial charge < -0.3 is 14.4 Å². The molecule has 1 fully saturated rings. The molecule has 2 aliphatic heterocycles. The molecule has 0 bridgehead atoms. The van der Waals surface area contributed by atoms with Gasteiger partial charge in [0.15, 0.2) is 11.5 Å². The van der Waals surface area contributed by atoms with Gasteiger partial charge in [0.2, 0.25) is 0 Å². The lowest BCUT2D eigenvalue weighted by Crippen LogP contribution is -2.46. The Balaban J connectivity index is 1.41. The number of benzene rings is 1. The van der Waals surface area contributed by atoms with Gasteiger partial charge in [-0.1, -0.05) is 6.07 Å². The van der Waals surface area contributed by atoms with Gasteiger partial charge >= 0.3 is 0 Å². The van der Waals surface area contributed by atoms with Gasteiger partial charge in [0, 0.05) is 32.4 Å². The van der Waals surface area contributed by atoms with E-state index < -0.39 is 0 Å². The second kappa shape index (κ2) is 7.27.